The van der Waals surface area contributed by atoms with Crippen molar-refractivity contribution in [2.75, 3.05) is 44.3 Å². The molecule has 1 aromatic heterocycles. The molecule has 0 bridgehead atoms. The number of aromatic nitrogens is 1. The van der Waals surface area contributed by atoms with Crippen molar-refractivity contribution >= 4 is 11.8 Å². The van der Waals surface area contributed by atoms with Crippen molar-refractivity contribution in [1.29, 1.82) is 0 Å². The van der Waals surface area contributed by atoms with Crippen LogP contribution in [0, 0.1) is 17.7 Å². The van der Waals surface area contributed by atoms with Gasteiger partial charge in [0.05, 0.1) is 13.2 Å². The number of hydrogen-bond acceptors (Lipinski definition) is 4. The van der Waals surface area contributed by atoms with Crippen LogP contribution < -0.4 is 10.2 Å². The predicted molar refractivity (Wildman–Crippen MR) is 87.2 cm³/mol. The van der Waals surface area contributed by atoms with Crippen molar-refractivity contribution < 1.29 is 13.9 Å². The SMILES string of the molecule is O=C(NCc1cnc(N2CCOCC2)c(F)c1)N1CCC2CC2C1. The third kappa shape index (κ3) is 3.31. The van der Waals surface area contributed by atoms with Crippen molar-refractivity contribution in [3.63, 3.8) is 0 Å². The summed E-state index contributed by atoms with van der Waals surface area (Å²) in [4.78, 5) is 20.2. The number of likely N-dealkylation sites (tertiary alicyclic amines) is 1. The average Bonchev–Trinajstić information content (AvgIpc) is 3.39. The molecule has 0 radical (unpaired) electrons. The molecule has 4 rings (SSSR count). The van der Waals surface area contributed by atoms with Gasteiger partial charge in [0.2, 0.25) is 0 Å². The second kappa shape index (κ2) is 6.55. The van der Waals surface area contributed by atoms with Crippen LogP contribution in [0.1, 0.15) is 18.4 Å². The molecule has 2 amide bonds. The molecule has 3 heterocycles. The Bertz CT molecular complexity index is 621. The van der Waals surface area contributed by atoms with Crippen molar-refractivity contribution in [2.24, 2.45) is 11.8 Å². The first kappa shape index (κ1) is 15.6. The fourth-order valence-corrected chi connectivity index (χ4v) is 3.63. The Morgan fingerprint density at radius 3 is 2.92 bits per heavy atom. The van der Waals surface area contributed by atoms with Gasteiger partial charge >= 0.3 is 6.03 Å². The number of hydrogen-bond donors (Lipinski definition) is 1. The number of nitrogens with zero attached hydrogens (tertiary/aromatic N) is 3. The second-order valence-corrected chi connectivity index (χ2v) is 6.90. The zero-order chi connectivity index (χ0) is 16.5. The largest absolute Gasteiger partial charge is 0.378 e. The molecule has 0 aromatic carbocycles. The summed E-state index contributed by atoms with van der Waals surface area (Å²) in [5, 5.41) is 2.88. The van der Waals surface area contributed by atoms with E-state index in [1.165, 1.54) is 12.5 Å². The highest BCUT2D eigenvalue weighted by atomic mass is 19.1. The van der Waals surface area contributed by atoms with Crippen molar-refractivity contribution in [3.05, 3.63) is 23.6 Å². The van der Waals surface area contributed by atoms with Gasteiger partial charge in [-0.3, -0.25) is 0 Å². The third-order valence-electron chi connectivity index (χ3n) is 5.21. The minimum Gasteiger partial charge on any atom is -0.378 e. The van der Waals surface area contributed by atoms with Crippen LogP contribution in [0.25, 0.3) is 0 Å². The van der Waals surface area contributed by atoms with Gasteiger partial charge in [-0.15, -0.1) is 0 Å². The smallest absolute Gasteiger partial charge is 0.317 e. The zero-order valence-electron chi connectivity index (χ0n) is 13.7. The van der Waals surface area contributed by atoms with E-state index in [1.54, 1.807) is 6.20 Å². The number of urea groups is 1. The van der Waals surface area contributed by atoms with Crippen LogP contribution in [-0.2, 0) is 11.3 Å². The number of morpholine rings is 1. The number of amides is 2. The number of pyridine rings is 1. The predicted octanol–water partition coefficient (Wildman–Crippen LogP) is 1.61. The maximum Gasteiger partial charge on any atom is 0.317 e. The molecular weight excluding hydrogens is 311 g/mol. The Morgan fingerprint density at radius 2 is 2.17 bits per heavy atom. The number of fused-ring (bicyclic) bond motifs is 1. The first-order valence-corrected chi connectivity index (χ1v) is 8.70. The summed E-state index contributed by atoms with van der Waals surface area (Å²) < 4.78 is 19.6. The van der Waals surface area contributed by atoms with Gasteiger partial charge in [0.1, 0.15) is 0 Å². The lowest BCUT2D eigenvalue weighted by Crippen LogP contribution is -2.43. The minimum atomic E-state index is -0.345. The number of carbonyl (C=O) groups is 1. The highest BCUT2D eigenvalue weighted by Crippen LogP contribution is 2.44. The molecule has 1 aromatic rings. The number of nitrogens with one attached hydrogen (secondary N) is 1. The monoisotopic (exact) mass is 334 g/mol. The molecule has 24 heavy (non-hydrogen) atoms. The van der Waals surface area contributed by atoms with E-state index in [2.05, 4.69) is 10.3 Å². The number of halogens is 1. The molecule has 1 N–H and O–H groups in total. The van der Waals surface area contributed by atoms with Crippen LogP contribution in [0.5, 0.6) is 0 Å². The molecule has 2 aliphatic heterocycles. The van der Waals surface area contributed by atoms with E-state index in [-0.39, 0.29) is 11.8 Å². The van der Waals surface area contributed by atoms with Gasteiger partial charge in [-0.25, -0.2) is 14.2 Å². The van der Waals surface area contributed by atoms with Crippen LogP contribution in [-0.4, -0.2) is 55.3 Å². The molecule has 3 fully saturated rings. The van der Waals surface area contributed by atoms with Gasteiger partial charge < -0.3 is 19.9 Å². The normalized spacial score (nSPS) is 26.0. The topological polar surface area (TPSA) is 57.7 Å². The number of ether oxygens (including phenoxy) is 1. The standard InChI is InChI=1S/C17H23FN4O2/c18-15-7-12(9-19-16(15)21-3-5-24-6-4-21)10-20-17(23)22-2-1-13-8-14(13)11-22/h7,9,13-14H,1-6,8,10-11H2,(H,20,23). The summed E-state index contributed by atoms with van der Waals surface area (Å²) >= 11 is 0. The van der Waals surface area contributed by atoms with E-state index >= 15 is 0 Å². The highest BCUT2D eigenvalue weighted by Gasteiger charge is 2.42. The summed E-state index contributed by atoms with van der Waals surface area (Å²) in [7, 11) is 0. The van der Waals surface area contributed by atoms with Gasteiger partial charge in [0.25, 0.3) is 0 Å². The van der Waals surface area contributed by atoms with Gasteiger partial charge in [0, 0.05) is 38.9 Å². The lowest BCUT2D eigenvalue weighted by atomic mass is 10.1. The second-order valence-electron chi connectivity index (χ2n) is 6.90. The zero-order valence-corrected chi connectivity index (χ0v) is 13.7. The van der Waals surface area contributed by atoms with Crippen LogP contribution in [0.2, 0.25) is 0 Å². The number of rotatable bonds is 3. The van der Waals surface area contributed by atoms with Crippen LogP contribution in [0.4, 0.5) is 15.0 Å². The molecule has 6 nitrogen and oxygen atoms in total. The first-order valence-electron chi connectivity index (χ1n) is 8.70. The number of carbonyl (C=O) groups excluding carboxylic acids is 1. The van der Waals surface area contributed by atoms with E-state index < -0.39 is 0 Å². The molecule has 2 saturated heterocycles. The Balaban J connectivity index is 1.32. The quantitative estimate of drug-likeness (QED) is 0.912. The maximum absolute atomic E-state index is 14.3. The highest BCUT2D eigenvalue weighted by molar-refractivity contribution is 5.74. The van der Waals surface area contributed by atoms with Gasteiger partial charge in [-0.2, -0.15) is 0 Å². The lowest BCUT2D eigenvalue weighted by molar-refractivity contribution is 0.122. The van der Waals surface area contributed by atoms with Gasteiger partial charge in [-0.05, 0) is 36.3 Å². The lowest BCUT2D eigenvalue weighted by Gasteiger charge is -2.28. The van der Waals surface area contributed by atoms with Crippen LogP contribution in [0.15, 0.2) is 12.3 Å². The fraction of sp³-hybridized carbons (Fsp3) is 0.647. The van der Waals surface area contributed by atoms with Crippen molar-refractivity contribution in [1.82, 2.24) is 15.2 Å². The van der Waals surface area contributed by atoms with Crippen molar-refractivity contribution in [3.8, 4) is 0 Å². The summed E-state index contributed by atoms with van der Waals surface area (Å²) in [6.07, 6.45) is 4.02. The van der Waals surface area contributed by atoms with E-state index in [4.69, 9.17) is 4.74 Å². The molecule has 7 heteroatoms. The van der Waals surface area contributed by atoms with E-state index in [9.17, 15) is 9.18 Å². The Kier molecular flexibility index (Phi) is 4.26. The first-order chi connectivity index (χ1) is 11.7. The molecule has 130 valence electrons. The molecule has 3 aliphatic rings. The minimum absolute atomic E-state index is 0.0574. The Hall–Kier alpha value is -1.89. The summed E-state index contributed by atoms with van der Waals surface area (Å²) in [6, 6.07) is 1.41. The average molecular weight is 334 g/mol. The summed E-state index contributed by atoms with van der Waals surface area (Å²) in [5.41, 5.74) is 0.680. The molecule has 2 unspecified atom stereocenters. The van der Waals surface area contributed by atoms with E-state index in [1.807, 2.05) is 9.80 Å². The molecule has 0 spiro atoms. The Morgan fingerprint density at radius 1 is 1.33 bits per heavy atom. The van der Waals surface area contributed by atoms with Gasteiger partial charge in [-0.1, -0.05) is 0 Å². The fourth-order valence-electron chi connectivity index (χ4n) is 3.63. The molecule has 1 aliphatic carbocycles. The number of anilines is 1. The van der Waals surface area contributed by atoms with Crippen molar-refractivity contribution in [2.45, 2.75) is 19.4 Å². The van der Waals surface area contributed by atoms with E-state index in [0.717, 1.165) is 25.4 Å². The molecular formula is C17H23FN4O2. The third-order valence-corrected chi connectivity index (χ3v) is 5.21. The summed E-state index contributed by atoms with van der Waals surface area (Å²) in [6.45, 7) is 4.48. The molecule has 1 saturated carbocycles. The summed E-state index contributed by atoms with van der Waals surface area (Å²) in [5.74, 6) is 1.57. The maximum atomic E-state index is 14.3. The molecule has 2 atom stereocenters. The van der Waals surface area contributed by atoms with E-state index in [0.29, 0.717) is 50.1 Å². The van der Waals surface area contributed by atoms with Crippen LogP contribution in [0.3, 0.4) is 0 Å². The van der Waals surface area contributed by atoms with Crippen LogP contribution >= 0.6 is 0 Å². The number of piperidine rings is 1. The Labute approximate surface area is 141 Å². The van der Waals surface area contributed by atoms with Gasteiger partial charge in [0.15, 0.2) is 11.6 Å².